The van der Waals surface area contributed by atoms with Gasteiger partial charge in [-0.25, -0.2) is 4.79 Å². The van der Waals surface area contributed by atoms with Crippen molar-refractivity contribution in [2.75, 3.05) is 6.61 Å². The van der Waals surface area contributed by atoms with Crippen LogP contribution in [-0.4, -0.2) is 28.9 Å². The number of allylic oxidation sites excluding steroid dienone is 3. The zero-order chi connectivity index (χ0) is 19.5. The van der Waals surface area contributed by atoms with Gasteiger partial charge in [0.05, 0.1) is 18.3 Å². The number of unbranched alkanes of at least 4 members (excludes halogenated alkanes) is 1. The Morgan fingerprint density at radius 1 is 1.31 bits per heavy atom. The molecule has 142 valence electrons. The van der Waals surface area contributed by atoms with E-state index in [0.717, 1.165) is 29.1 Å². The van der Waals surface area contributed by atoms with Crippen molar-refractivity contribution >= 4 is 22.6 Å². The third-order valence-corrected chi connectivity index (χ3v) is 4.66. The van der Waals surface area contributed by atoms with Gasteiger partial charge in [0.2, 0.25) is 0 Å². The molecule has 1 rings (SSSR count). The van der Waals surface area contributed by atoms with Crippen molar-refractivity contribution in [3.8, 4) is 5.75 Å². The highest BCUT2D eigenvalue weighted by molar-refractivity contribution is 8.11. The van der Waals surface area contributed by atoms with Gasteiger partial charge in [0.15, 0.2) is 0 Å². The summed E-state index contributed by atoms with van der Waals surface area (Å²) in [6.45, 7) is 12.0. The molecule has 26 heavy (non-hydrogen) atoms. The summed E-state index contributed by atoms with van der Waals surface area (Å²) < 4.78 is 5.69. The zero-order valence-electron chi connectivity index (χ0n) is 15.5. The van der Waals surface area contributed by atoms with Gasteiger partial charge in [-0.15, -0.1) is 0 Å². The first-order valence-corrected chi connectivity index (χ1v) is 9.54. The number of rotatable bonds is 12. The van der Waals surface area contributed by atoms with E-state index in [1.807, 2.05) is 13.0 Å². The molecule has 1 aromatic rings. The Kier molecular flexibility index (Phi) is 9.84. The summed E-state index contributed by atoms with van der Waals surface area (Å²) in [7, 11) is 0. The number of carboxylic acids is 1. The smallest absolute Gasteiger partial charge is 0.335 e. The lowest BCUT2D eigenvalue weighted by atomic mass is 10.1. The SMILES string of the molecule is C=C/C=C(/C)SC(=C)c1cc(OCC[C@@H](O)CCCC)cc(C(=O)O)c1. The second kappa shape index (κ2) is 11.6. The Morgan fingerprint density at radius 2 is 2.00 bits per heavy atom. The van der Waals surface area contributed by atoms with E-state index in [2.05, 4.69) is 20.1 Å². The largest absolute Gasteiger partial charge is 0.493 e. The minimum atomic E-state index is -1.02. The quantitative estimate of drug-likeness (QED) is 0.472. The third kappa shape index (κ3) is 7.93. The molecule has 2 N–H and O–H groups in total. The standard InChI is InChI=1S/C21H28O4S/c1-5-7-9-19(22)10-11-25-20-13-17(12-18(14-20)21(23)24)16(4)26-15(3)8-6-2/h6,8,12-14,19,22H,2,4-5,7,9-11H2,1,3H3,(H,23,24)/b15-8-/t19-/m0/s1. The molecule has 4 nitrogen and oxygen atoms in total. The summed E-state index contributed by atoms with van der Waals surface area (Å²) in [5.41, 5.74) is 0.851. The maximum absolute atomic E-state index is 11.4. The molecule has 1 atom stereocenters. The molecule has 0 amide bonds. The highest BCUT2D eigenvalue weighted by atomic mass is 32.2. The van der Waals surface area contributed by atoms with Crippen LogP contribution < -0.4 is 4.74 Å². The third-order valence-electron chi connectivity index (χ3n) is 3.72. The van der Waals surface area contributed by atoms with Gasteiger partial charge in [0.25, 0.3) is 0 Å². The average Bonchev–Trinajstić information content (AvgIpc) is 2.59. The molecule has 0 aliphatic heterocycles. The van der Waals surface area contributed by atoms with Crippen LogP contribution in [0.1, 0.15) is 55.5 Å². The number of aliphatic hydroxyl groups excluding tert-OH is 1. The van der Waals surface area contributed by atoms with Crippen molar-refractivity contribution in [2.24, 2.45) is 0 Å². The summed E-state index contributed by atoms with van der Waals surface area (Å²) in [6, 6.07) is 4.86. The second-order valence-corrected chi connectivity index (χ2v) is 7.36. The van der Waals surface area contributed by atoms with Crippen LogP contribution in [-0.2, 0) is 0 Å². The fourth-order valence-corrected chi connectivity index (χ4v) is 3.11. The van der Waals surface area contributed by atoms with Gasteiger partial charge in [-0.2, -0.15) is 0 Å². The minimum absolute atomic E-state index is 0.149. The topological polar surface area (TPSA) is 66.8 Å². The molecule has 0 heterocycles. The first-order valence-electron chi connectivity index (χ1n) is 8.73. The van der Waals surface area contributed by atoms with Crippen LogP contribution in [0.5, 0.6) is 5.75 Å². The summed E-state index contributed by atoms with van der Waals surface area (Å²) in [5, 5.41) is 19.2. The molecule has 0 unspecified atom stereocenters. The van der Waals surface area contributed by atoms with Gasteiger partial charge < -0.3 is 14.9 Å². The number of hydrogen-bond donors (Lipinski definition) is 2. The van der Waals surface area contributed by atoms with Crippen LogP contribution in [0.4, 0.5) is 0 Å². The Balaban J connectivity index is 2.84. The van der Waals surface area contributed by atoms with Gasteiger partial charge in [0.1, 0.15) is 5.75 Å². The minimum Gasteiger partial charge on any atom is -0.493 e. The van der Waals surface area contributed by atoms with Crippen LogP contribution in [0.2, 0.25) is 0 Å². The van der Waals surface area contributed by atoms with Crippen molar-refractivity contribution in [3.63, 3.8) is 0 Å². The van der Waals surface area contributed by atoms with Crippen molar-refractivity contribution in [1.29, 1.82) is 0 Å². The van der Waals surface area contributed by atoms with E-state index in [1.165, 1.54) is 17.8 Å². The summed E-state index contributed by atoms with van der Waals surface area (Å²) >= 11 is 1.45. The molecular weight excluding hydrogens is 348 g/mol. The molecule has 0 aromatic heterocycles. The van der Waals surface area contributed by atoms with E-state index in [9.17, 15) is 15.0 Å². The van der Waals surface area contributed by atoms with Crippen LogP contribution in [0, 0.1) is 0 Å². The van der Waals surface area contributed by atoms with Crippen LogP contribution >= 0.6 is 11.8 Å². The van der Waals surface area contributed by atoms with Crippen molar-refractivity contribution in [3.05, 3.63) is 59.5 Å². The maximum atomic E-state index is 11.4. The molecule has 0 bridgehead atoms. The Hall–Kier alpha value is -1.98. The molecule has 0 spiro atoms. The molecule has 0 fully saturated rings. The fraction of sp³-hybridized carbons (Fsp3) is 0.381. The first-order chi connectivity index (χ1) is 12.4. The molecule has 0 aliphatic carbocycles. The lowest BCUT2D eigenvalue weighted by molar-refractivity contribution is 0.0696. The number of hydrogen-bond acceptors (Lipinski definition) is 4. The number of carbonyl (C=O) groups is 1. The summed E-state index contributed by atoms with van der Waals surface area (Å²) in [6.07, 6.45) is 6.46. The Bertz CT molecular complexity index is 664. The Labute approximate surface area is 160 Å². The monoisotopic (exact) mass is 376 g/mol. The van der Waals surface area contributed by atoms with Crippen molar-refractivity contribution in [1.82, 2.24) is 0 Å². The maximum Gasteiger partial charge on any atom is 0.335 e. The number of thioether (sulfide) groups is 1. The molecule has 5 heteroatoms. The van der Waals surface area contributed by atoms with E-state index < -0.39 is 12.1 Å². The normalized spacial score (nSPS) is 12.5. The van der Waals surface area contributed by atoms with E-state index in [0.29, 0.717) is 24.3 Å². The summed E-state index contributed by atoms with van der Waals surface area (Å²) in [5.74, 6) is -0.550. The Morgan fingerprint density at radius 3 is 2.62 bits per heavy atom. The molecule has 0 saturated carbocycles. The number of benzene rings is 1. The lowest BCUT2D eigenvalue weighted by Crippen LogP contribution is -2.12. The average molecular weight is 377 g/mol. The van der Waals surface area contributed by atoms with Crippen LogP contribution in [0.3, 0.4) is 0 Å². The first kappa shape index (κ1) is 22.1. The highest BCUT2D eigenvalue weighted by Gasteiger charge is 2.11. The summed E-state index contributed by atoms with van der Waals surface area (Å²) in [4.78, 5) is 13.1. The van der Waals surface area contributed by atoms with E-state index in [1.54, 1.807) is 18.2 Å². The van der Waals surface area contributed by atoms with Gasteiger partial charge in [-0.3, -0.25) is 0 Å². The predicted octanol–water partition coefficient (Wildman–Crippen LogP) is 5.50. The fourth-order valence-electron chi connectivity index (χ4n) is 2.32. The van der Waals surface area contributed by atoms with Gasteiger partial charge in [0, 0.05) is 11.3 Å². The lowest BCUT2D eigenvalue weighted by Gasteiger charge is -2.13. The highest BCUT2D eigenvalue weighted by Crippen LogP contribution is 2.34. The van der Waals surface area contributed by atoms with E-state index in [4.69, 9.17) is 4.74 Å². The van der Waals surface area contributed by atoms with E-state index >= 15 is 0 Å². The molecule has 0 radical (unpaired) electrons. The van der Waals surface area contributed by atoms with Crippen molar-refractivity contribution < 1.29 is 19.7 Å². The molecule has 1 aromatic carbocycles. The van der Waals surface area contributed by atoms with Gasteiger partial charge >= 0.3 is 5.97 Å². The number of aliphatic hydroxyl groups is 1. The zero-order valence-corrected chi connectivity index (χ0v) is 16.3. The number of aromatic carboxylic acids is 1. The molecule has 0 saturated heterocycles. The molecular formula is C21H28O4S. The van der Waals surface area contributed by atoms with E-state index in [-0.39, 0.29) is 5.56 Å². The predicted molar refractivity (Wildman–Crippen MR) is 110 cm³/mol. The van der Waals surface area contributed by atoms with Gasteiger partial charge in [-0.05, 0) is 42.0 Å². The number of carboxylic acid groups (broad SMARTS) is 1. The van der Waals surface area contributed by atoms with Crippen LogP contribution in [0.25, 0.3) is 4.91 Å². The van der Waals surface area contributed by atoms with Crippen LogP contribution in [0.15, 0.2) is 48.4 Å². The second-order valence-electron chi connectivity index (χ2n) is 6.02. The van der Waals surface area contributed by atoms with Crippen molar-refractivity contribution in [2.45, 2.75) is 45.6 Å². The number of ether oxygens (including phenoxy) is 1. The molecule has 0 aliphatic rings. The van der Waals surface area contributed by atoms with Gasteiger partial charge in [-0.1, -0.05) is 56.8 Å².